The van der Waals surface area contributed by atoms with Crippen molar-refractivity contribution in [2.24, 2.45) is 5.92 Å². The molecule has 3 rings (SSSR count). The molecule has 0 bridgehead atoms. The second kappa shape index (κ2) is 9.65. The number of carbonyl (C=O) groups is 1. The highest BCUT2D eigenvalue weighted by atomic mass is 35.5. The van der Waals surface area contributed by atoms with Gasteiger partial charge in [0.2, 0.25) is 5.91 Å². The van der Waals surface area contributed by atoms with Gasteiger partial charge in [0.25, 0.3) is 0 Å². The fourth-order valence-corrected chi connectivity index (χ4v) is 4.07. The predicted molar refractivity (Wildman–Crippen MR) is 121 cm³/mol. The number of amides is 1. The average Bonchev–Trinajstić information content (AvgIpc) is 3.03. The minimum absolute atomic E-state index is 0.0885. The Kier molecular flexibility index (Phi) is 7.22. The molecule has 0 fully saturated rings. The Morgan fingerprint density at radius 1 is 1.17 bits per heavy atom. The maximum absolute atomic E-state index is 12.4. The van der Waals surface area contributed by atoms with Gasteiger partial charge in [0.15, 0.2) is 11.0 Å². The minimum Gasteiger partial charge on any atom is -0.325 e. The highest BCUT2D eigenvalue weighted by Gasteiger charge is 2.18. The molecule has 29 heavy (non-hydrogen) atoms. The fraction of sp³-hybridized carbons (Fsp3) is 0.286. The molecule has 152 valence electrons. The zero-order valence-electron chi connectivity index (χ0n) is 16.4. The first-order valence-electron chi connectivity index (χ1n) is 9.22. The molecule has 0 saturated carbocycles. The maximum Gasteiger partial charge on any atom is 0.234 e. The van der Waals surface area contributed by atoms with Crippen LogP contribution in [0.15, 0.2) is 47.6 Å². The molecule has 0 unspecified atom stereocenters. The lowest BCUT2D eigenvalue weighted by atomic mass is 10.2. The van der Waals surface area contributed by atoms with Gasteiger partial charge in [-0.2, -0.15) is 0 Å². The molecule has 0 atom stereocenters. The first-order valence-corrected chi connectivity index (χ1v) is 11.0. The summed E-state index contributed by atoms with van der Waals surface area (Å²) in [6.07, 6.45) is 0. The van der Waals surface area contributed by atoms with E-state index in [2.05, 4.69) is 29.4 Å². The van der Waals surface area contributed by atoms with E-state index in [4.69, 9.17) is 23.2 Å². The monoisotopic (exact) mass is 448 g/mol. The van der Waals surface area contributed by atoms with Gasteiger partial charge in [-0.3, -0.25) is 4.79 Å². The largest absolute Gasteiger partial charge is 0.325 e. The van der Waals surface area contributed by atoms with Gasteiger partial charge in [-0.1, -0.05) is 67.0 Å². The Balaban J connectivity index is 1.79. The van der Waals surface area contributed by atoms with E-state index in [9.17, 15) is 4.79 Å². The van der Waals surface area contributed by atoms with Gasteiger partial charge in [-0.05, 0) is 42.7 Å². The number of halogens is 2. The Morgan fingerprint density at radius 3 is 2.62 bits per heavy atom. The summed E-state index contributed by atoms with van der Waals surface area (Å²) in [6, 6.07) is 13.0. The molecule has 0 aliphatic carbocycles. The molecule has 3 aromatic rings. The van der Waals surface area contributed by atoms with Crippen LogP contribution in [0.3, 0.4) is 0 Å². The van der Waals surface area contributed by atoms with Gasteiger partial charge in [-0.15, -0.1) is 10.2 Å². The van der Waals surface area contributed by atoms with Crippen molar-refractivity contribution in [3.8, 4) is 11.4 Å². The highest BCUT2D eigenvalue weighted by molar-refractivity contribution is 7.99. The topological polar surface area (TPSA) is 59.8 Å². The zero-order chi connectivity index (χ0) is 21.0. The number of anilines is 1. The highest BCUT2D eigenvalue weighted by Crippen LogP contribution is 2.32. The van der Waals surface area contributed by atoms with Crippen molar-refractivity contribution in [2.75, 3.05) is 11.1 Å². The van der Waals surface area contributed by atoms with Gasteiger partial charge < -0.3 is 9.88 Å². The molecule has 0 aliphatic rings. The average molecular weight is 449 g/mol. The van der Waals surface area contributed by atoms with Crippen molar-refractivity contribution in [2.45, 2.75) is 32.5 Å². The summed E-state index contributed by atoms with van der Waals surface area (Å²) < 4.78 is 2.01. The van der Waals surface area contributed by atoms with Crippen molar-refractivity contribution in [3.63, 3.8) is 0 Å². The summed E-state index contributed by atoms with van der Waals surface area (Å²) >= 11 is 13.8. The number of thioether (sulfide) groups is 1. The van der Waals surface area contributed by atoms with E-state index in [1.54, 1.807) is 12.1 Å². The number of benzene rings is 2. The van der Waals surface area contributed by atoms with E-state index in [1.807, 2.05) is 41.8 Å². The predicted octanol–water partition coefficient (Wildman–Crippen LogP) is 5.95. The Bertz CT molecular complexity index is 1020. The molecule has 0 radical (unpaired) electrons. The molecule has 5 nitrogen and oxygen atoms in total. The van der Waals surface area contributed by atoms with E-state index < -0.39 is 0 Å². The summed E-state index contributed by atoms with van der Waals surface area (Å²) in [7, 11) is 0. The van der Waals surface area contributed by atoms with Crippen molar-refractivity contribution in [1.82, 2.24) is 14.8 Å². The second-order valence-electron chi connectivity index (χ2n) is 7.09. The van der Waals surface area contributed by atoms with Crippen LogP contribution in [0.1, 0.15) is 19.4 Å². The number of aromatic nitrogens is 3. The summed E-state index contributed by atoms with van der Waals surface area (Å²) in [5.41, 5.74) is 2.60. The summed E-state index contributed by atoms with van der Waals surface area (Å²) in [5.74, 6) is 1.19. The zero-order valence-corrected chi connectivity index (χ0v) is 18.8. The van der Waals surface area contributed by atoms with Crippen LogP contribution >= 0.6 is 35.0 Å². The molecular formula is C21H22Cl2N4OS. The molecule has 1 N–H and O–H groups in total. The van der Waals surface area contributed by atoms with E-state index in [0.29, 0.717) is 33.5 Å². The smallest absolute Gasteiger partial charge is 0.234 e. The van der Waals surface area contributed by atoms with Crippen LogP contribution in [0.4, 0.5) is 5.69 Å². The van der Waals surface area contributed by atoms with Crippen molar-refractivity contribution in [1.29, 1.82) is 0 Å². The second-order valence-corrected chi connectivity index (χ2v) is 8.87. The number of aryl methyl sites for hydroxylation is 1. The molecule has 0 spiro atoms. The normalized spacial score (nSPS) is 11.1. The summed E-state index contributed by atoms with van der Waals surface area (Å²) in [4.78, 5) is 12.4. The SMILES string of the molecule is Cc1ccccc1NC(=O)CSc1nnc(-c2ccc(Cl)cc2Cl)n1CC(C)C. The van der Waals surface area contributed by atoms with Crippen LogP contribution in [-0.4, -0.2) is 26.4 Å². The van der Waals surface area contributed by atoms with Crippen molar-refractivity contribution >= 4 is 46.6 Å². The van der Waals surface area contributed by atoms with Crippen LogP contribution in [-0.2, 0) is 11.3 Å². The van der Waals surface area contributed by atoms with E-state index in [0.717, 1.165) is 16.8 Å². The molecule has 1 aromatic heterocycles. The quantitative estimate of drug-likeness (QED) is 0.453. The number of para-hydroxylation sites is 1. The third-order valence-electron chi connectivity index (χ3n) is 4.19. The van der Waals surface area contributed by atoms with Crippen LogP contribution in [0.5, 0.6) is 0 Å². The van der Waals surface area contributed by atoms with Gasteiger partial charge in [-0.25, -0.2) is 0 Å². The Hall–Kier alpha value is -2.02. The first kappa shape index (κ1) is 21.7. The maximum atomic E-state index is 12.4. The number of hydrogen-bond donors (Lipinski definition) is 1. The number of carbonyl (C=O) groups excluding carboxylic acids is 1. The van der Waals surface area contributed by atoms with Crippen LogP contribution in [0.25, 0.3) is 11.4 Å². The van der Waals surface area contributed by atoms with Crippen molar-refractivity contribution < 1.29 is 4.79 Å². The number of hydrogen-bond acceptors (Lipinski definition) is 4. The lowest BCUT2D eigenvalue weighted by molar-refractivity contribution is -0.113. The molecule has 8 heteroatoms. The molecule has 0 saturated heterocycles. The molecule has 1 amide bonds. The van der Waals surface area contributed by atoms with Crippen LogP contribution in [0.2, 0.25) is 10.0 Å². The van der Waals surface area contributed by atoms with E-state index in [-0.39, 0.29) is 11.7 Å². The van der Waals surface area contributed by atoms with Crippen molar-refractivity contribution in [3.05, 3.63) is 58.1 Å². The van der Waals surface area contributed by atoms with Crippen LogP contribution < -0.4 is 5.32 Å². The summed E-state index contributed by atoms with van der Waals surface area (Å²) in [5, 5.41) is 13.4. The molecule has 1 heterocycles. The minimum atomic E-state index is -0.0885. The molecule has 0 aliphatic heterocycles. The third kappa shape index (κ3) is 5.53. The van der Waals surface area contributed by atoms with Gasteiger partial charge >= 0.3 is 0 Å². The number of rotatable bonds is 7. The standard InChI is InChI=1S/C21H22Cl2N4OS/c1-13(2)11-27-20(16-9-8-15(22)10-17(16)23)25-26-21(27)29-12-19(28)24-18-7-5-4-6-14(18)3/h4-10,13H,11-12H2,1-3H3,(H,24,28). The van der Waals surface area contributed by atoms with Gasteiger partial charge in [0.1, 0.15) is 0 Å². The first-order chi connectivity index (χ1) is 13.8. The van der Waals surface area contributed by atoms with Gasteiger partial charge in [0, 0.05) is 22.8 Å². The van der Waals surface area contributed by atoms with Crippen LogP contribution in [0, 0.1) is 12.8 Å². The number of nitrogens with one attached hydrogen (secondary N) is 1. The molecule has 2 aromatic carbocycles. The van der Waals surface area contributed by atoms with Gasteiger partial charge in [0.05, 0.1) is 10.8 Å². The van der Waals surface area contributed by atoms with E-state index >= 15 is 0 Å². The summed E-state index contributed by atoms with van der Waals surface area (Å²) in [6.45, 7) is 6.91. The van der Waals surface area contributed by atoms with E-state index in [1.165, 1.54) is 11.8 Å². The molecular weight excluding hydrogens is 427 g/mol. The third-order valence-corrected chi connectivity index (χ3v) is 5.70. The lowest BCUT2D eigenvalue weighted by Gasteiger charge is -2.13. The Morgan fingerprint density at radius 2 is 1.93 bits per heavy atom. The fourth-order valence-electron chi connectivity index (χ4n) is 2.82. The Labute approximate surface area is 184 Å². The lowest BCUT2D eigenvalue weighted by Crippen LogP contribution is -2.15. The number of nitrogens with zero attached hydrogens (tertiary/aromatic N) is 3.